The van der Waals surface area contributed by atoms with E-state index in [1.165, 1.54) is 0 Å². The van der Waals surface area contributed by atoms with Crippen molar-refractivity contribution in [3.63, 3.8) is 0 Å². The maximum atomic E-state index is 6.22. The second-order valence-corrected chi connectivity index (χ2v) is 6.66. The van der Waals surface area contributed by atoms with Gasteiger partial charge in [0, 0.05) is 24.5 Å². The molecule has 3 heterocycles. The summed E-state index contributed by atoms with van der Waals surface area (Å²) in [6.07, 6.45) is 5.07. The molecule has 31 heavy (non-hydrogen) atoms. The van der Waals surface area contributed by atoms with E-state index in [1.54, 1.807) is 31.8 Å². The van der Waals surface area contributed by atoms with Crippen molar-refractivity contribution in [3.8, 4) is 40.3 Å². The molecule has 0 aliphatic heterocycles. The second-order valence-electron chi connectivity index (χ2n) is 6.66. The lowest BCUT2D eigenvalue weighted by Crippen LogP contribution is -1.92. The van der Waals surface area contributed by atoms with Gasteiger partial charge in [0.2, 0.25) is 0 Å². The highest BCUT2D eigenvalue weighted by Crippen LogP contribution is 2.38. The summed E-state index contributed by atoms with van der Waals surface area (Å²) < 4.78 is 17.6. The first-order valence-electron chi connectivity index (χ1n) is 9.64. The molecule has 0 aliphatic carbocycles. The van der Waals surface area contributed by atoms with Crippen LogP contribution in [0, 0.1) is 0 Å². The number of ether oxygens (including phenoxy) is 3. The number of para-hydroxylation sites is 2. The van der Waals surface area contributed by atoms with Crippen molar-refractivity contribution in [1.82, 2.24) is 19.9 Å². The Morgan fingerprint density at radius 3 is 2.42 bits per heavy atom. The third-order valence-electron chi connectivity index (χ3n) is 4.59. The second kappa shape index (κ2) is 8.16. The Labute approximate surface area is 178 Å². The zero-order valence-electron chi connectivity index (χ0n) is 16.6. The number of hydrogen-bond donors (Lipinski definition) is 1. The molecule has 0 aliphatic rings. The highest BCUT2D eigenvalue weighted by molar-refractivity contribution is 5.86. The minimum absolute atomic E-state index is 0.527. The first-order chi connectivity index (χ1) is 15.3. The zero-order valence-corrected chi connectivity index (χ0v) is 16.6. The molecular formula is C24H18N4O3. The van der Waals surface area contributed by atoms with Crippen LogP contribution in [0.15, 0.2) is 85.3 Å². The average molecular weight is 410 g/mol. The first kappa shape index (κ1) is 18.6. The summed E-state index contributed by atoms with van der Waals surface area (Å²) in [6, 6.07) is 20.4. The standard InChI is InChI=1S/C24H18N4O3/c1-29-20-9-2-3-10-21(20)31-22-14-17(30-16-7-6-11-25-15-16)13-19-23(22)28-24(27-19)18-8-4-5-12-26-18/h2-15H,1H3,(H,27,28). The summed E-state index contributed by atoms with van der Waals surface area (Å²) in [4.78, 5) is 16.5. The number of aromatic nitrogens is 4. The Balaban J connectivity index is 1.62. The van der Waals surface area contributed by atoms with Crippen LogP contribution in [0.25, 0.3) is 22.6 Å². The minimum Gasteiger partial charge on any atom is -0.493 e. The molecule has 0 saturated carbocycles. The smallest absolute Gasteiger partial charge is 0.169 e. The molecule has 0 fully saturated rings. The number of methoxy groups -OCH3 is 1. The van der Waals surface area contributed by atoms with Gasteiger partial charge in [-0.25, -0.2) is 4.98 Å². The molecule has 0 bridgehead atoms. The van der Waals surface area contributed by atoms with Crippen molar-refractivity contribution in [2.45, 2.75) is 0 Å². The molecule has 0 unspecified atom stereocenters. The third kappa shape index (κ3) is 3.89. The molecule has 7 nitrogen and oxygen atoms in total. The van der Waals surface area contributed by atoms with Gasteiger partial charge in [0.15, 0.2) is 23.1 Å². The van der Waals surface area contributed by atoms with Crippen LogP contribution in [0.5, 0.6) is 28.7 Å². The molecule has 2 aromatic carbocycles. The molecule has 0 spiro atoms. The van der Waals surface area contributed by atoms with Crippen molar-refractivity contribution < 1.29 is 14.2 Å². The van der Waals surface area contributed by atoms with E-state index in [9.17, 15) is 0 Å². The molecule has 1 N–H and O–H groups in total. The van der Waals surface area contributed by atoms with E-state index in [-0.39, 0.29) is 0 Å². The van der Waals surface area contributed by atoms with E-state index >= 15 is 0 Å². The fourth-order valence-electron chi connectivity index (χ4n) is 3.19. The molecular weight excluding hydrogens is 392 g/mol. The van der Waals surface area contributed by atoms with Crippen molar-refractivity contribution in [2.24, 2.45) is 0 Å². The third-order valence-corrected chi connectivity index (χ3v) is 4.59. The highest BCUT2D eigenvalue weighted by Gasteiger charge is 2.16. The van der Waals surface area contributed by atoms with Crippen LogP contribution in [-0.4, -0.2) is 27.0 Å². The number of nitrogens with zero attached hydrogens (tertiary/aromatic N) is 3. The maximum Gasteiger partial charge on any atom is 0.169 e. The zero-order chi connectivity index (χ0) is 21.0. The summed E-state index contributed by atoms with van der Waals surface area (Å²) in [6.45, 7) is 0. The molecule has 3 aromatic heterocycles. The number of pyridine rings is 2. The van der Waals surface area contributed by atoms with E-state index in [0.717, 1.165) is 11.2 Å². The molecule has 0 saturated heterocycles. The number of H-pyrrole nitrogens is 1. The number of hydrogen-bond acceptors (Lipinski definition) is 6. The Morgan fingerprint density at radius 1 is 0.774 bits per heavy atom. The number of fused-ring (bicyclic) bond motifs is 1. The largest absolute Gasteiger partial charge is 0.493 e. The number of nitrogens with one attached hydrogen (secondary N) is 1. The van der Waals surface area contributed by atoms with Gasteiger partial charge in [-0.3, -0.25) is 9.97 Å². The Morgan fingerprint density at radius 2 is 1.65 bits per heavy atom. The van der Waals surface area contributed by atoms with Crippen molar-refractivity contribution in [2.75, 3.05) is 7.11 Å². The molecule has 152 valence electrons. The Kier molecular flexibility index (Phi) is 4.90. The van der Waals surface area contributed by atoms with Gasteiger partial charge in [-0.05, 0) is 36.4 Å². The fraction of sp³-hybridized carbons (Fsp3) is 0.0417. The van der Waals surface area contributed by atoms with Gasteiger partial charge in [-0.1, -0.05) is 18.2 Å². The Hall–Kier alpha value is -4.39. The quantitative estimate of drug-likeness (QED) is 0.392. The summed E-state index contributed by atoms with van der Waals surface area (Å²) in [5, 5.41) is 0. The van der Waals surface area contributed by atoms with Crippen LogP contribution >= 0.6 is 0 Å². The van der Waals surface area contributed by atoms with Crippen molar-refractivity contribution in [1.29, 1.82) is 0 Å². The van der Waals surface area contributed by atoms with Gasteiger partial charge >= 0.3 is 0 Å². The van der Waals surface area contributed by atoms with Crippen LogP contribution in [-0.2, 0) is 0 Å². The van der Waals surface area contributed by atoms with Crippen LogP contribution in [0.2, 0.25) is 0 Å². The lowest BCUT2D eigenvalue weighted by atomic mass is 10.2. The highest BCUT2D eigenvalue weighted by atomic mass is 16.5. The van der Waals surface area contributed by atoms with E-state index < -0.39 is 0 Å². The average Bonchev–Trinajstić information content (AvgIpc) is 3.25. The maximum absolute atomic E-state index is 6.22. The van der Waals surface area contributed by atoms with E-state index in [1.807, 2.05) is 60.7 Å². The molecule has 5 rings (SSSR count). The predicted molar refractivity (Wildman–Crippen MR) is 117 cm³/mol. The van der Waals surface area contributed by atoms with Gasteiger partial charge in [0.1, 0.15) is 22.7 Å². The number of rotatable bonds is 6. The van der Waals surface area contributed by atoms with Gasteiger partial charge in [-0.2, -0.15) is 0 Å². The topological polar surface area (TPSA) is 82.1 Å². The molecule has 5 aromatic rings. The molecule has 0 radical (unpaired) electrons. The monoisotopic (exact) mass is 410 g/mol. The van der Waals surface area contributed by atoms with Gasteiger partial charge in [0.25, 0.3) is 0 Å². The van der Waals surface area contributed by atoms with E-state index in [0.29, 0.717) is 40.1 Å². The van der Waals surface area contributed by atoms with Crippen LogP contribution in [0.1, 0.15) is 0 Å². The van der Waals surface area contributed by atoms with E-state index in [2.05, 4.69) is 15.0 Å². The number of benzene rings is 2. The van der Waals surface area contributed by atoms with Crippen molar-refractivity contribution >= 4 is 11.0 Å². The van der Waals surface area contributed by atoms with Gasteiger partial charge in [0.05, 0.1) is 18.8 Å². The number of imidazole rings is 1. The molecule has 0 atom stereocenters. The van der Waals surface area contributed by atoms with Crippen molar-refractivity contribution in [3.05, 3.63) is 85.3 Å². The fourth-order valence-corrected chi connectivity index (χ4v) is 3.19. The van der Waals surface area contributed by atoms with Crippen LogP contribution in [0.4, 0.5) is 0 Å². The number of aromatic amines is 1. The summed E-state index contributed by atoms with van der Waals surface area (Å²) >= 11 is 0. The summed E-state index contributed by atoms with van der Waals surface area (Å²) in [5.74, 6) is 3.57. The summed E-state index contributed by atoms with van der Waals surface area (Å²) in [5.41, 5.74) is 2.15. The van der Waals surface area contributed by atoms with Gasteiger partial charge < -0.3 is 19.2 Å². The van der Waals surface area contributed by atoms with Crippen LogP contribution < -0.4 is 14.2 Å². The SMILES string of the molecule is COc1ccccc1Oc1cc(Oc2cccnc2)cc2[nH]c(-c3ccccn3)nc12. The normalized spacial score (nSPS) is 10.7. The first-order valence-corrected chi connectivity index (χ1v) is 9.64. The lowest BCUT2D eigenvalue weighted by Gasteiger charge is -2.12. The Bertz CT molecular complexity index is 1320. The van der Waals surface area contributed by atoms with Gasteiger partial charge in [-0.15, -0.1) is 0 Å². The minimum atomic E-state index is 0.527. The van der Waals surface area contributed by atoms with Crippen LogP contribution in [0.3, 0.4) is 0 Å². The predicted octanol–water partition coefficient (Wildman–Crippen LogP) is 5.61. The lowest BCUT2D eigenvalue weighted by molar-refractivity contribution is 0.379. The summed E-state index contributed by atoms with van der Waals surface area (Å²) in [7, 11) is 1.60. The molecule has 7 heteroatoms. The van der Waals surface area contributed by atoms with E-state index in [4.69, 9.17) is 19.2 Å². The molecule has 0 amide bonds.